The van der Waals surface area contributed by atoms with Crippen LogP contribution in [-0.4, -0.2) is 35.9 Å². The molecule has 0 aliphatic rings. The van der Waals surface area contributed by atoms with E-state index >= 15 is 0 Å². The van der Waals surface area contributed by atoms with Crippen LogP contribution in [0.4, 0.5) is 24.8 Å². The van der Waals surface area contributed by atoms with Crippen LogP contribution >= 0.6 is 0 Å². The van der Waals surface area contributed by atoms with Crippen LogP contribution in [0.5, 0.6) is 0 Å². The number of aromatic nitrogens is 2. The fraction of sp³-hybridized carbons (Fsp3) is 0.636. The number of nitrogens with zero attached hydrogens (tertiary/aromatic N) is 2. The molecule has 0 aliphatic heterocycles. The summed E-state index contributed by atoms with van der Waals surface area (Å²) in [6.45, 7) is 2.53. The van der Waals surface area contributed by atoms with E-state index in [9.17, 15) is 13.2 Å². The zero-order chi connectivity index (χ0) is 15.2. The molecule has 6 nitrogen and oxygen atoms in total. The molecule has 0 unspecified atom stereocenters. The highest BCUT2D eigenvalue weighted by Gasteiger charge is 2.27. The van der Waals surface area contributed by atoms with Crippen LogP contribution in [0.1, 0.15) is 18.3 Å². The van der Waals surface area contributed by atoms with Crippen LogP contribution in [0.3, 0.4) is 0 Å². The molecular formula is C11H18F3N5O. The number of alkyl halides is 3. The molecule has 20 heavy (non-hydrogen) atoms. The lowest BCUT2D eigenvalue weighted by Crippen LogP contribution is -2.21. The van der Waals surface area contributed by atoms with E-state index in [1.807, 2.05) is 6.92 Å². The third-order valence-electron chi connectivity index (χ3n) is 2.45. The van der Waals surface area contributed by atoms with Gasteiger partial charge in [-0.05, 0) is 6.92 Å². The van der Waals surface area contributed by atoms with Crippen LogP contribution in [0, 0.1) is 6.92 Å². The molecule has 4 N–H and O–H groups in total. The number of anilines is 2. The Bertz CT molecular complexity index is 439. The van der Waals surface area contributed by atoms with E-state index in [0.29, 0.717) is 29.4 Å². The number of ether oxygens (including phenoxy) is 1. The van der Waals surface area contributed by atoms with Crippen molar-refractivity contribution in [2.45, 2.75) is 26.4 Å². The van der Waals surface area contributed by atoms with E-state index in [1.165, 1.54) is 0 Å². The zero-order valence-electron chi connectivity index (χ0n) is 11.3. The van der Waals surface area contributed by atoms with Gasteiger partial charge in [0.1, 0.15) is 24.1 Å². The van der Waals surface area contributed by atoms with Gasteiger partial charge in [-0.25, -0.2) is 15.8 Å². The maximum atomic E-state index is 11.9. The van der Waals surface area contributed by atoms with Gasteiger partial charge in [-0.15, -0.1) is 0 Å². The Kier molecular flexibility index (Phi) is 5.96. The Morgan fingerprint density at radius 3 is 2.45 bits per heavy atom. The van der Waals surface area contributed by atoms with Crippen LogP contribution in [0.25, 0.3) is 0 Å². The largest absolute Gasteiger partial charge is 0.411 e. The van der Waals surface area contributed by atoms with Crippen molar-refractivity contribution in [2.24, 2.45) is 5.84 Å². The molecule has 0 saturated carbocycles. The molecule has 9 heteroatoms. The van der Waals surface area contributed by atoms with Crippen molar-refractivity contribution in [3.05, 3.63) is 11.4 Å². The third kappa shape index (κ3) is 5.17. The number of aryl methyl sites for hydroxylation is 1. The van der Waals surface area contributed by atoms with Crippen LogP contribution in [-0.2, 0) is 11.2 Å². The van der Waals surface area contributed by atoms with Gasteiger partial charge in [0.2, 0.25) is 0 Å². The Labute approximate surface area is 114 Å². The molecule has 0 aliphatic carbocycles. The molecule has 0 saturated heterocycles. The Balaban J connectivity index is 2.55. The summed E-state index contributed by atoms with van der Waals surface area (Å²) in [5.74, 6) is 6.95. The number of hydrogen-bond acceptors (Lipinski definition) is 6. The fourth-order valence-electron chi connectivity index (χ4n) is 1.46. The summed E-state index contributed by atoms with van der Waals surface area (Å²) in [7, 11) is 0. The average molecular weight is 293 g/mol. The molecule has 114 valence electrons. The molecule has 1 heterocycles. The molecule has 1 aromatic heterocycles. The van der Waals surface area contributed by atoms with Gasteiger partial charge >= 0.3 is 6.18 Å². The lowest BCUT2D eigenvalue weighted by atomic mass is 10.3. The normalized spacial score (nSPS) is 11.5. The van der Waals surface area contributed by atoms with E-state index in [4.69, 9.17) is 5.84 Å². The summed E-state index contributed by atoms with van der Waals surface area (Å²) in [6.07, 6.45) is -3.69. The van der Waals surface area contributed by atoms with Gasteiger partial charge in [-0.2, -0.15) is 13.2 Å². The summed E-state index contributed by atoms with van der Waals surface area (Å²) in [4.78, 5) is 8.43. The lowest BCUT2D eigenvalue weighted by Gasteiger charge is -2.13. The Hall–Kier alpha value is -1.61. The minimum absolute atomic E-state index is 0.0736. The molecule has 0 fully saturated rings. The van der Waals surface area contributed by atoms with Gasteiger partial charge in [-0.1, -0.05) is 6.92 Å². The van der Waals surface area contributed by atoms with Crippen molar-refractivity contribution < 1.29 is 17.9 Å². The third-order valence-corrected chi connectivity index (χ3v) is 2.45. The smallest absolute Gasteiger partial charge is 0.370 e. The predicted octanol–water partition coefficient (Wildman–Crippen LogP) is 1.62. The first kappa shape index (κ1) is 16.4. The van der Waals surface area contributed by atoms with E-state index < -0.39 is 12.8 Å². The molecular weight excluding hydrogens is 275 g/mol. The summed E-state index contributed by atoms with van der Waals surface area (Å²) in [6, 6.07) is 0. The van der Waals surface area contributed by atoms with E-state index in [-0.39, 0.29) is 13.2 Å². The summed E-state index contributed by atoms with van der Waals surface area (Å²) >= 11 is 0. The monoisotopic (exact) mass is 293 g/mol. The first-order chi connectivity index (χ1) is 9.37. The van der Waals surface area contributed by atoms with Crippen molar-refractivity contribution in [3.63, 3.8) is 0 Å². The first-order valence-corrected chi connectivity index (χ1v) is 6.10. The number of halogens is 3. The van der Waals surface area contributed by atoms with E-state index in [0.717, 1.165) is 0 Å². The molecule has 0 aromatic carbocycles. The van der Waals surface area contributed by atoms with E-state index in [2.05, 4.69) is 25.4 Å². The Morgan fingerprint density at radius 1 is 1.25 bits per heavy atom. The van der Waals surface area contributed by atoms with Crippen LogP contribution in [0.2, 0.25) is 0 Å². The highest BCUT2D eigenvalue weighted by Crippen LogP contribution is 2.19. The fourth-order valence-corrected chi connectivity index (χ4v) is 1.46. The maximum absolute atomic E-state index is 11.9. The maximum Gasteiger partial charge on any atom is 0.411 e. The predicted molar refractivity (Wildman–Crippen MR) is 69.3 cm³/mol. The van der Waals surface area contributed by atoms with Gasteiger partial charge in [0, 0.05) is 18.5 Å². The van der Waals surface area contributed by atoms with Gasteiger partial charge in [0.05, 0.1) is 6.61 Å². The quantitative estimate of drug-likeness (QED) is 0.402. The number of nitrogen functional groups attached to an aromatic ring is 1. The molecule has 0 radical (unpaired) electrons. The molecule has 1 rings (SSSR count). The minimum Gasteiger partial charge on any atom is -0.370 e. The topological polar surface area (TPSA) is 85.1 Å². The summed E-state index contributed by atoms with van der Waals surface area (Å²) in [5, 5.41) is 2.91. The number of nitrogens with two attached hydrogens (primary N) is 1. The van der Waals surface area contributed by atoms with Gasteiger partial charge in [0.25, 0.3) is 0 Å². The molecule has 1 aromatic rings. The SMILES string of the molecule is CCc1nc(NN)c(C)c(NCCOCC(F)(F)F)n1. The first-order valence-electron chi connectivity index (χ1n) is 6.10. The Morgan fingerprint density at radius 2 is 1.90 bits per heavy atom. The van der Waals surface area contributed by atoms with Crippen molar-refractivity contribution >= 4 is 11.6 Å². The minimum atomic E-state index is -4.31. The highest BCUT2D eigenvalue weighted by molar-refractivity contribution is 5.56. The second-order valence-corrected chi connectivity index (χ2v) is 4.05. The highest BCUT2D eigenvalue weighted by atomic mass is 19.4. The number of hydrogen-bond donors (Lipinski definition) is 3. The molecule has 0 amide bonds. The van der Waals surface area contributed by atoms with E-state index in [1.54, 1.807) is 6.92 Å². The second-order valence-electron chi connectivity index (χ2n) is 4.05. The zero-order valence-corrected chi connectivity index (χ0v) is 11.3. The number of hydrazine groups is 1. The number of rotatable bonds is 7. The van der Waals surface area contributed by atoms with Crippen molar-refractivity contribution in [2.75, 3.05) is 30.5 Å². The van der Waals surface area contributed by atoms with Crippen molar-refractivity contribution in [1.29, 1.82) is 0 Å². The van der Waals surface area contributed by atoms with Gasteiger partial charge in [-0.3, -0.25) is 0 Å². The summed E-state index contributed by atoms with van der Waals surface area (Å²) in [5.41, 5.74) is 3.16. The van der Waals surface area contributed by atoms with Gasteiger partial charge < -0.3 is 15.5 Å². The average Bonchev–Trinajstić information content (AvgIpc) is 2.38. The second kappa shape index (κ2) is 7.25. The molecule has 0 spiro atoms. The van der Waals surface area contributed by atoms with Crippen LogP contribution in [0.15, 0.2) is 0 Å². The molecule has 0 bridgehead atoms. The lowest BCUT2D eigenvalue weighted by molar-refractivity contribution is -0.172. The molecule has 0 atom stereocenters. The number of nitrogens with one attached hydrogen (secondary N) is 2. The standard InChI is InChI=1S/C11H18F3N5O/c1-3-8-17-9(7(2)10(18-8)19-15)16-4-5-20-6-11(12,13)14/h3-6,15H2,1-2H3,(H2,16,17,18,19). The van der Waals surface area contributed by atoms with Crippen molar-refractivity contribution in [1.82, 2.24) is 9.97 Å². The van der Waals surface area contributed by atoms with Crippen molar-refractivity contribution in [3.8, 4) is 0 Å². The summed E-state index contributed by atoms with van der Waals surface area (Å²) < 4.78 is 40.1. The van der Waals surface area contributed by atoms with Crippen LogP contribution < -0.4 is 16.6 Å². The van der Waals surface area contributed by atoms with Gasteiger partial charge in [0.15, 0.2) is 0 Å².